The first-order valence-corrected chi connectivity index (χ1v) is 7.73. The number of anilines is 1. The van der Waals surface area contributed by atoms with Gasteiger partial charge in [0, 0.05) is 11.7 Å². The van der Waals surface area contributed by atoms with E-state index >= 15 is 0 Å². The summed E-state index contributed by atoms with van der Waals surface area (Å²) in [5.74, 6) is -2.36. The van der Waals surface area contributed by atoms with E-state index in [4.69, 9.17) is 5.73 Å². The van der Waals surface area contributed by atoms with E-state index in [2.05, 4.69) is 9.62 Å². The van der Waals surface area contributed by atoms with E-state index in [1.165, 1.54) is 0 Å². The summed E-state index contributed by atoms with van der Waals surface area (Å²) in [6.45, 7) is 1.47. The third kappa shape index (κ3) is 3.25. The second-order valence-electron chi connectivity index (χ2n) is 5.01. The van der Waals surface area contributed by atoms with Crippen LogP contribution in [0.5, 0.6) is 0 Å². The summed E-state index contributed by atoms with van der Waals surface area (Å²) in [6.07, 6.45) is 1.21. The molecule has 1 aliphatic heterocycles. The Kier molecular flexibility index (Phi) is 4.26. The Balaban J connectivity index is 2.23. The van der Waals surface area contributed by atoms with Gasteiger partial charge in [0.15, 0.2) is 4.90 Å². The SMILES string of the molecule is CN1CCC(NS(=O)(=O)c2c(F)cc(N)cc2F)CC1. The van der Waals surface area contributed by atoms with E-state index in [1.54, 1.807) is 0 Å². The van der Waals surface area contributed by atoms with Gasteiger partial charge < -0.3 is 10.6 Å². The maximum atomic E-state index is 13.7. The van der Waals surface area contributed by atoms with Crippen molar-refractivity contribution in [2.75, 3.05) is 25.9 Å². The second kappa shape index (κ2) is 5.63. The molecule has 1 fully saturated rings. The molecule has 1 aromatic rings. The summed E-state index contributed by atoms with van der Waals surface area (Å²) < 4.78 is 53.9. The quantitative estimate of drug-likeness (QED) is 0.814. The number of likely N-dealkylation sites (tertiary alicyclic amines) is 1. The number of rotatable bonds is 3. The van der Waals surface area contributed by atoms with Gasteiger partial charge in [0.05, 0.1) is 0 Å². The zero-order valence-electron chi connectivity index (χ0n) is 11.1. The fraction of sp³-hybridized carbons (Fsp3) is 0.500. The molecule has 1 aliphatic rings. The number of halogens is 2. The summed E-state index contributed by atoms with van der Waals surface area (Å²) in [6, 6.07) is 1.28. The third-order valence-corrected chi connectivity index (χ3v) is 4.90. The van der Waals surface area contributed by atoms with Gasteiger partial charge in [-0.2, -0.15) is 0 Å². The van der Waals surface area contributed by atoms with Gasteiger partial charge in [0.1, 0.15) is 11.6 Å². The highest BCUT2D eigenvalue weighted by atomic mass is 32.2. The number of hydrogen-bond donors (Lipinski definition) is 2. The van der Waals surface area contributed by atoms with E-state index in [-0.39, 0.29) is 11.7 Å². The number of nitrogen functional groups attached to an aromatic ring is 1. The Morgan fingerprint density at radius 3 is 2.25 bits per heavy atom. The van der Waals surface area contributed by atoms with E-state index in [9.17, 15) is 17.2 Å². The fourth-order valence-electron chi connectivity index (χ4n) is 2.24. The van der Waals surface area contributed by atoms with E-state index < -0.39 is 26.6 Å². The minimum atomic E-state index is -4.23. The van der Waals surface area contributed by atoms with Crippen LogP contribution < -0.4 is 10.5 Å². The molecule has 1 heterocycles. The topological polar surface area (TPSA) is 75.4 Å². The maximum Gasteiger partial charge on any atom is 0.246 e. The molecule has 0 atom stereocenters. The van der Waals surface area contributed by atoms with Crippen LogP contribution >= 0.6 is 0 Å². The smallest absolute Gasteiger partial charge is 0.246 e. The van der Waals surface area contributed by atoms with E-state index in [1.807, 2.05) is 7.05 Å². The van der Waals surface area contributed by atoms with Crippen LogP contribution in [-0.2, 0) is 10.0 Å². The van der Waals surface area contributed by atoms with Gasteiger partial charge in [-0.05, 0) is 45.1 Å². The molecule has 112 valence electrons. The third-order valence-electron chi connectivity index (χ3n) is 3.33. The molecular weight excluding hydrogens is 288 g/mol. The Morgan fingerprint density at radius 1 is 1.25 bits per heavy atom. The number of nitrogens with one attached hydrogen (secondary N) is 1. The van der Waals surface area contributed by atoms with Crippen LogP contribution in [0.1, 0.15) is 12.8 Å². The fourth-order valence-corrected chi connectivity index (χ4v) is 3.66. The summed E-state index contributed by atoms with van der Waals surface area (Å²) >= 11 is 0. The van der Waals surface area contributed by atoms with Crippen molar-refractivity contribution in [2.24, 2.45) is 0 Å². The van der Waals surface area contributed by atoms with Crippen LogP contribution in [-0.4, -0.2) is 39.5 Å². The first-order chi connectivity index (χ1) is 9.29. The monoisotopic (exact) mass is 305 g/mol. The lowest BCUT2D eigenvalue weighted by atomic mass is 10.1. The zero-order valence-corrected chi connectivity index (χ0v) is 11.9. The molecule has 0 amide bonds. The lowest BCUT2D eigenvalue weighted by molar-refractivity contribution is 0.248. The number of nitrogens with two attached hydrogens (primary N) is 1. The molecule has 8 heteroatoms. The van der Waals surface area contributed by atoms with Gasteiger partial charge >= 0.3 is 0 Å². The Labute approximate surface area is 116 Å². The van der Waals surface area contributed by atoms with Gasteiger partial charge in [-0.3, -0.25) is 0 Å². The van der Waals surface area contributed by atoms with Crippen LogP contribution in [0, 0.1) is 11.6 Å². The zero-order chi connectivity index (χ0) is 14.9. The van der Waals surface area contributed by atoms with Crippen LogP contribution in [0.2, 0.25) is 0 Å². The molecule has 0 aliphatic carbocycles. The molecule has 0 spiro atoms. The summed E-state index contributed by atoms with van der Waals surface area (Å²) in [5, 5.41) is 0. The van der Waals surface area contributed by atoms with Crippen molar-refractivity contribution in [3.05, 3.63) is 23.8 Å². The predicted octanol–water partition coefficient (Wildman–Crippen LogP) is 0.920. The molecule has 0 radical (unpaired) electrons. The van der Waals surface area contributed by atoms with E-state index in [0.717, 1.165) is 25.2 Å². The normalized spacial score (nSPS) is 18.4. The van der Waals surface area contributed by atoms with Gasteiger partial charge in [0.25, 0.3) is 0 Å². The standard InChI is InChI=1S/C12H17F2N3O2S/c1-17-4-2-9(3-5-17)16-20(18,19)12-10(13)6-8(15)7-11(12)14/h6-7,9,16H,2-5,15H2,1H3. The van der Waals surface area contributed by atoms with Gasteiger partial charge in [-0.15, -0.1) is 0 Å². The molecule has 20 heavy (non-hydrogen) atoms. The molecular formula is C12H17F2N3O2S. The molecule has 0 aromatic heterocycles. The van der Waals surface area contributed by atoms with Crippen molar-refractivity contribution in [3.63, 3.8) is 0 Å². The highest BCUT2D eigenvalue weighted by Gasteiger charge is 2.28. The molecule has 1 aromatic carbocycles. The minimum absolute atomic E-state index is 0.154. The van der Waals surface area contributed by atoms with Gasteiger partial charge in [0.2, 0.25) is 10.0 Å². The van der Waals surface area contributed by atoms with Crippen LogP contribution in [0.3, 0.4) is 0 Å². The van der Waals surface area contributed by atoms with Crippen LogP contribution in [0.4, 0.5) is 14.5 Å². The van der Waals surface area contributed by atoms with Gasteiger partial charge in [-0.25, -0.2) is 21.9 Å². The number of benzene rings is 1. The van der Waals surface area contributed by atoms with Crippen molar-refractivity contribution < 1.29 is 17.2 Å². The molecule has 0 bridgehead atoms. The highest BCUT2D eigenvalue weighted by molar-refractivity contribution is 7.89. The largest absolute Gasteiger partial charge is 0.399 e. The Morgan fingerprint density at radius 2 is 1.75 bits per heavy atom. The van der Waals surface area contributed by atoms with E-state index in [0.29, 0.717) is 12.8 Å². The molecule has 2 rings (SSSR count). The minimum Gasteiger partial charge on any atom is -0.399 e. The van der Waals surface area contributed by atoms with Gasteiger partial charge in [-0.1, -0.05) is 0 Å². The average molecular weight is 305 g/mol. The lowest BCUT2D eigenvalue weighted by Crippen LogP contribution is -2.43. The Hall–Kier alpha value is -1.25. The Bertz CT molecular complexity index is 576. The summed E-state index contributed by atoms with van der Waals surface area (Å²) in [7, 11) is -2.30. The predicted molar refractivity (Wildman–Crippen MR) is 71.6 cm³/mol. The van der Waals surface area contributed by atoms with Crippen LogP contribution in [0.15, 0.2) is 17.0 Å². The number of sulfonamides is 1. The maximum absolute atomic E-state index is 13.7. The second-order valence-corrected chi connectivity index (χ2v) is 6.66. The molecule has 0 saturated carbocycles. The van der Waals surface area contributed by atoms with Crippen LogP contribution in [0.25, 0.3) is 0 Å². The summed E-state index contributed by atoms with van der Waals surface area (Å²) in [4.78, 5) is 1.10. The van der Waals surface area contributed by atoms with Crippen molar-refractivity contribution in [1.29, 1.82) is 0 Å². The number of hydrogen-bond acceptors (Lipinski definition) is 4. The number of nitrogens with zero attached hydrogens (tertiary/aromatic N) is 1. The average Bonchev–Trinajstić information content (AvgIpc) is 2.30. The summed E-state index contributed by atoms with van der Waals surface area (Å²) in [5.41, 5.74) is 5.12. The first kappa shape index (κ1) is 15.1. The van der Waals surface area contributed by atoms with Crippen molar-refractivity contribution in [2.45, 2.75) is 23.8 Å². The first-order valence-electron chi connectivity index (χ1n) is 6.25. The lowest BCUT2D eigenvalue weighted by Gasteiger charge is -2.29. The molecule has 0 unspecified atom stereocenters. The highest BCUT2D eigenvalue weighted by Crippen LogP contribution is 2.22. The molecule has 1 saturated heterocycles. The van der Waals surface area contributed by atoms with Crippen molar-refractivity contribution >= 4 is 15.7 Å². The van der Waals surface area contributed by atoms with Crippen molar-refractivity contribution in [1.82, 2.24) is 9.62 Å². The van der Waals surface area contributed by atoms with Crippen molar-refractivity contribution in [3.8, 4) is 0 Å². The number of piperidine rings is 1. The molecule has 3 N–H and O–H groups in total. The molecule has 5 nitrogen and oxygen atoms in total.